The first-order chi connectivity index (χ1) is 13.6. The first kappa shape index (κ1) is 19.7. The smallest absolute Gasteiger partial charge is 0.229 e. The van der Waals surface area contributed by atoms with E-state index in [-0.39, 0.29) is 6.04 Å². The minimum atomic E-state index is 0.166. The Morgan fingerprint density at radius 3 is 2.43 bits per heavy atom. The molecule has 3 aromatic rings. The average molecular weight is 376 g/mol. The molecule has 0 saturated heterocycles. The van der Waals surface area contributed by atoms with Gasteiger partial charge in [-0.05, 0) is 63.1 Å². The number of rotatable bonds is 8. The van der Waals surface area contributed by atoms with Crippen molar-refractivity contribution in [1.82, 2.24) is 9.97 Å². The van der Waals surface area contributed by atoms with Crippen molar-refractivity contribution in [3.63, 3.8) is 0 Å². The molecule has 0 fully saturated rings. The van der Waals surface area contributed by atoms with Gasteiger partial charge in [0.2, 0.25) is 5.95 Å². The fourth-order valence-corrected chi connectivity index (χ4v) is 3.24. The second-order valence-corrected chi connectivity index (χ2v) is 6.84. The molecule has 0 spiro atoms. The monoisotopic (exact) mass is 375 g/mol. The number of hydrogen-bond donors (Lipinski definition) is 2. The Morgan fingerprint density at radius 1 is 1.00 bits per heavy atom. The van der Waals surface area contributed by atoms with Gasteiger partial charge in [-0.25, -0.2) is 4.98 Å². The molecular weight excluding hydrogens is 346 g/mol. The molecule has 1 atom stereocenters. The Hall–Kier alpha value is -3.08. The zero-order chi connectivity index (χ0) is 19.9. The van der Waals surface area contributed by atoms with Crippen LogP contribution in [-0.2, 0) is 0 Å². The summed E-state index contributed by atoms with van der Waals surface area (Å²) >= 11 is 0. The lowest BCUT2D eigenvalue weighted by molar-refractivity contribution is 0.865. The molecule has 2 aromatic carbocycles. The predicted octanol–water partition coefficient (Wildman–Crippen LogP) is 5.55. The van der Waals surface area contributed by atoms with Gasteiger partial charge in [0.25, 0.3) is 0 Å². The molecule has 1 unspecified atom stereocenters. The molecule has 5 nitrogen and oxygen atoms in total. The van der Waals surface area contributed by atoms with Crippen molar-refractivity contribution in [2.24, 2.45) is 0 Å². The van der Waals surface area contributed by atoms with Crippen LogP contribution < -0.4 is 15.5 Å². The molecule has 0 radical (unpaired) electrons. The summed E-state index contributed by atoms with van der Waals surface area (Å²) in [7, 11) is 0. The van der Waals surface area contributed by atoms with E-state index in [9.17, 15) is 0 Å². The molecule has 2 N–H and O–H groups in total. The topological polar surface area (TPSA) is 53.1 Å². The largest absolute Gasteiger partial charge is 0.372 e. The maximum absolute atomic E-state index is 4.62. The lowest BCUT2D eigenvalue weighted by atomic mass is 10.1. The van der Waals surface area contributed by atoms with E-state index in [0.717, 1.165) is 24.6 Å². The summed E-state index contributed by atoms with van der Waals surface area (Å²) < 4.78 is 0. The molecule has 1 heterocycles. The quantitative estimate of drug-likeness (QED) is 0.541. The normalized spacial score (nSPS) is 11.7. The van der Waals surface area contributed by atoms with Gasteiger partial charge < -0.3 is 15.5 Å². The van der Waals surface area contributed by atoms with E-state index in [1.165, 1.54) is 16.8 Å². The lowest BCUT2D eigenvalue weighted by Crippen LogP contribution is -2.21. The van der Waals surface area contributed by atoms with Crippen LogP contribution in [0.15, 0.2) is 60.8 Å². The number of nitrogens with zero attached hydrogens (tertiary/aromatic N) is 3. The van der Waals surface area contributed by atoms with Crippen LogP contribution in [0.25, 0.3) is 0 Å². The number of aryl methyl sites for hydroxylation is 1. The van der Waals surface area contributed by atoms with Crippen molar-refractivity contribution in [3.05, 3.63) is 71.9 Å². The number of benzene rings is 2. The molecule has 1 aromatic heterocycles. The van der Waals surface area contributed by atoms with Crippen molar-refractivity contribution in [1.29, 1.82) is 0 Å². The van der Waals surface area contributed by atoms with Gasteiger partial charge in [0.05, 0.1) is 0 Å². The maximum atomic E-state index is 4.62. The molecule has 0 aliphatic heterocycles. The van der Waals surface area contributed by atoms with E-state index >= 15 is 0 Å². The fourth-order valence-electron chi connectivity index (χ4n) is 3.24. The molecule has 5 heteroatoms. The summed E-state index contributed by atoms with van der Waals surface area (Å²) in [6.45, 7) is 10.6. The zero-order valence-electron chi connectivity index (χ0n) is 17.1. The first-order valence-corrected chi connectivity index (χ1v) is 9.87. The summed E-state index contributed by atoms with van der Waals surface area (Å²) in [5, 5.41) is 6.79. The Labute approximate surface area is 167 Å². The highest BCUT2D eigenvalue weighted by atomic mass is 15.1. The minimum absolute atomic E-state index is 0.166. The van der Waals surface area contributed by atoms with Gasteiger partial charge in [-0.2, -0.15) is 4.98 Å². The van der Waals surface area contributed by atoms with Gasteiger partial charge in [0.15, 0.2) is 0 Å². The van der Waals surface area contributed by atoms with Gasteiger partial charge >= 0.3 is 0 Å². The zero-order valence-corrected chi connectivity index (χ0v) is 17.1. The van der Waals surface area contributed by atoms with Crippen LogP contribution in [0, 0.1) is 6.92 Å². The Kier molecular flexibility index (Phi) is 6.48. The predicted molar refractivity (Wildman–Crippen MR) is 119 cm³/mol. The first-order valence-electron chi connectivity index (χ1n) is 9.87. The summed E-state index contributed by atoms with van der Waals surface area (Å²) in [4.78, 5) is 11.3. The molecule has 0 aliphatic carbocycles. The highest BCUT2D eigenvalue weighted by Gasteiger charge is 2.09. The third-order valence-electron chi connectivity index (χ3n) is 4.90. The van der Waals surface area contributed by atoms with Crippen LogP contribution in [0.5, 0.6) is 0 Å². The molecule has 146 valence electrons. The molecule has 0 amide bonds. The SMILES string of the molecule is CCN(CC)c1ccc(Nc2nccc(NC(C)c3ccccc3)n2)c(C)c1. The molecule has 0 aliphatic rings. The number of hydrogen-bond acceptors (Lipinski definition) is 5. The van der Waals surface area contributed by atoms with E-state index in [4.69, 9.17) is 0 Å². The van der Waals surface area contributed by atoms with Crippen LogP contribution in [0.3, 0.4) is 0 Å². The van der Waals surface area contributed by atoms with Crippen molar-refractivity contribution in [2.75, 3.05) is 28.6 Å². The highest BCUT2D eigenvalue weighted by molar-refractivity contribution is 5.64. The van der Waals surface area contributed by atoms with Crippen molar-refractivity contribution < 1.29 is 0 Å². The van der Waals surface area contributed by atoms with Crippen molar-refractivity contribution in [3.8, 4) is 0 Å². The summed E-state index contributed by atoms with van der Waals surface area (Å²) in [6.07, 6.45) is 1.77. The Morgan fingerprint density at radius 2 is 1.75 bits per heavy atom. The number of nitrogens with one attached hydrogen (secondary N) is 2. The lowest BCUT2D eigenvalue weighted by Gasteiger charge is -2.22. The minimum Gasteiger partial charge on any atom is -0.372 e. The Bertz CT molecular complexity index is 891. The van der Waals surface area contributed by atoms with Gasteiger partial charge in [-0.15, -0.1) is 0 Å². The van der Waals surface area contributed by atoms with E-state index in [2.05, 4.69) is 83.5 Å². The third-order valence-corrected chi connectivity index (χ3v) is 4.90. The standard InChI is InChI=1S/C23H29N5/c1-5-28(6-2)20-12-13-21(17(3)16-20)26-23-24-15-14-22(27-23)25-18(4)19-10-8-7-9-11-19/h7-16,18H,5-6H2,1-4H3,(H2,24,25,26,27). The van der Waals surface area contributed by atoms with E-state index in [1.807, 2.05) is 24.3 Å². The highest BCUT2D eigenvalue weighted by Crippen LogP contribution is 2.25. The Balaban J connectivity index is 1.72. The molecule has 28 heavy (non-hydrogen) atoms. The van der Waals surface area contributed by atoms with Crippen LogP contribution in [0.4, 0.5) is 23.1 Å². The van der Waals surface area contributed by atoms with Crippen LogP contribution >= 0.6 is 0 Å². The summed E-state index contributed by atoms with van der Waals surface area (Å²) in [5.74, 6) is 1.38. The third kappa shape index (κ3) is 4.80. The van der Waals surface area contributed by atoms with E-state index in [1.54, 1.807) is 6.20 Å². The van der Waals surface area contributed by atoms with Gasteiger partial charge in [0.1, 0.15) is 5.82 Å². The van der Waals surface area contributed by atoms with Crippen LogP contribution in [-0.4, -0.2) is 23.1 Å². The maximum Gasteiger partial charge on any atom is 0.229 e. The molecular formula is C23H29N5. The van der Waals surface area contributed by atoms with Crippen LogP contribution in [0.2, 0.25) is 0 Å². The summed E-state index contributed by atoms with van der Waals surface area (Å²) in [5.41, 5.74) is 4.65. The number of anilines is 4. The fraction of sp³-hybridized carbons (Fsp3) is 0.304. The molecule has 0 saturated carbocycles. The van der Waals surface area contributed by atoms with Crippen molar-refractivity contribution >= 4 is 23.1 Å². The van der Waals surface area contributed by atoms with Crippen molar-refractivity contribution in [2.45, 2.75) is 33.7 Å². The van der Waals surface area contributed by atoms with E-state index in [0.29, 0.717) is 5.95 Å². The van der Waals surface area contributed by atoms with Gasteiger partial charge in [-0.3, -0.25) is 0 Å². The average Bonchev–Trinajstić information content (AvgIpc) is 2.72. The second kappa shape index (κ2) is 9.22. The summed E-state index contributed by atoms with van der Waals surface area (Å²) in [6, 6.07) is 18.8. The van der Waals surface area contributed by atoms with Crippen LogP contribution in [0.1, 0.15) is 37.9 Å². The van der Waals surface area contributed by atoms with E-state index < -0.39 is 0 Å². The molecule has 0 bridgehead atoms. The number of aromatic nitrogens is 2. The van der Waals surface area contributed by atoms with Gasteiger partial charge in [-0.1, -0.05) is 30.3 Å². The molecule has 3 rings (SSSR count). The second-order valence-electron chi connectivity index (χ2n) is 6.84. The van der Waals surface area contributed by atoms with Gasteiger partial charge in [0, 0.05) is 36.7 Å².